The molecule has 1 aliphatic heterocycles. The highest BCUT2D eigenvalue weighted by atomic mass is 32.2. The van der Waals surface area contributed by atoms with Gasteiger partial charge in [0.1, 0.15) is 6.61 Å². The average molecular weight is 352 g/mol. The Morgan fingerprint density at radius 3 is 2.61 bits per heavy atom. The van der Waals surface area contributed by atoms with Crippen LogP contribution in [0, 0.1) is 0 Å². The summed E-state index contributed by atoms with van der Waals surface area (Å²) in [5, 5.41) is 0. The van der Waals surface area contributed by atoms with Gasteiger partial charge < -0.3 is 4.74 Å². The van der Waals surface area contributed by atoms with E-state index in [-0.39, 0.29) is 13.2 Å². The molecular formula is C14H19F3N2O3S. The Morgan fingerprint density at radius 1 is 1.30 bits per heavy atom. The van der Waals surface area contributed by atoms with Gasteiger partial charge in [0.15, 0.2) is 0 Å². The van der Waals surface area contributed by atoms with Gasteiger partial charge in [-0.1, -0.05) is 24.3 Å². The Morgan fingerprint density at radius 2 is 1.96 bits per heavy atom. The number of ether oxygens (including phenoxy) is 1. The Bertz CT molecular complexity index is 634. The zero-order chi connectivity index (χ0) is 17.1. The number of nitrogens with zero attached hydrogens (tertiary/aromatic N) is 1. The summed E-state index contributed by atoms with van der Waals surface area (Å²) in [7, 11) is -3.77. The molecular weight excluding hydrogens is 333 g/mol. The van der Waals surface area contributed by atoms with Crippen LogP contribution in [0.25, 0.3) is 0 Å². The van der Waals surface area contributed by atoms with Crippen LogP contribution < -0.4 is 4.72 Å². The van der Waals surface area contributed by atoms with Crippen molar-refractivity contribution < 1.29 is 26.3 Å². The molecule has 0 amide bonds. The fourth-order valence-electron chi connectivity index (χ4n) is 2.39. The molecule has 1 aromatic carbocycles. The van der Waals surface area contributed by atoms with E-state index in [9.17, 15) is 21.6 Å². The Labute approximate surface area is 133 Å². The van der Waals surface area contributed by atoms with Gasteiger partial charge >= 0.3 is 6.18 Å². The molecule has 9 heteroatoms. The molecule has 1 aromatic rings. The maximum atomic E-state index is 12.3. The SMILES string of the molecule is C[C@H](COCC(F)(F)F)NS(=O)(=O)N1CCc2ccccc2C1. The topological polar surface area (TPSA) is 58.6 Å². The summed E-state index contributed by atoms with van der Waals surface area (Å²) in [5.41, 5.74) is 2.05. The van der Waals surface area contributed by atoms with Crippen molar-refractivity contribution in [1.29, 1.82) is 0 Å². The van der Waals surface area contributed by atoms with E-state index < -0.39 is 29.0 Å². The fraction of sp³-hybridized carbons (Fsp3) is 0.571. The quantitative estimate of drug-likeness (QED) is 0.850. The first-order valence-corrected chi connectivity index (χ1v) is 8.60. The van der Waals surface area contributed by atoms with Crippen molar-refractivity contribution in [3.05, 3.63) is 35.4 Å². The molecule has 1 heterocycles. The van der Waals surface area contributed by atoms with Crippen molar-refractivity contribution in [2.45, 2.75) is 32.1 Å². The van der Waals surface area contributed by atoms with E-state index in [4.69, 9.17) is 0 Å². The average Bonchev–Trinajstić information content (AvgIpc) is 2.44. The van der Waals surface area contributed by atoms with E-state index in [0.29, 0.717) is 13.0 Å². The van der Waals surface area contributed by atoms with Gasteiger partial charge in [0, 0.05) is 19.1 Å². The van der Waals surface area contributed by atoms with Crippen LogP contribution in [0.5, 0.6) is 0 Å². The number of hydrogen-bond donors (Lipinski definition) is 1. The monoisotopic (exact) mass is 352 g/mol. The maximum absolute atomic E-state index is 12.3. The predicted molar refractivity (Wildman–Crippen MR) is 78.9 cm³/mol. The van der Waals surface area contributed by atoms with E-state index in [0.717, 1.165) is 11.1 Å². The van der Waals surface area contributed by atoms with Crippen LogP contribution in [-0.4, -0.2) is 44.7 Å². The highest BCUT2D eigenvalue weighted by Crippen LogP contribution is 2.20. The van der Waals surface area contributed by atoms with E-state index >= 15 is 0 Å². The molecule has 0 fully saturated rings. The summed E-state index contributed by atoms with van der Waals surface area (Å²) in [6, 6.07) is 6.82. The van der Waals surface area contributed by atoms with Gasteiger partial charge in [-0.15, -0.1) is 0 Å². The van der Waals surface area contributed by atoms with Crippen molar-refractivity contribution in [2.75, 3.05) is 19.8 Å². The summed E-state index contributed by atoms with van der Waals surface area (Å²) in [6.45, 7) is 0.315. The molecule has 0 unspecified atom stereocenters. The van der Waals surface area contributed by atoms with Gasteiger partial charge in [0.05, 0.1) is 6.61 Å². The first-order valence-electron chi connectivity index (χ1n) is 7.16. The fourth-order valence-corrected chi connectivity index (χ4v) is 3.76. The molecule has 0 aromatic heterocycles. The number of nitrogens with one attached hydrogen (secondary N) is 1. The second-order valence-corrected chi connectivity index (χ2v) is 7.21. The number of rotatable bonds is 6. The van der Waals surface area contributed by atoms with Gasteiger partial charge in [-0.2, -0.15) is 30.6 Å². The molecule has 1 atom stereocenters. The minimum Gasteiger partial charge on any atom is -0.370 e. The lowest BCUT2D eigenvalue weighted by Gasteiger charge is -2.29. The van der Waals surface area contributed by atoms with Crippen molar-refractivity contribution in [3.8, 4) is 0 Å². The number of halogens is 3. The number of alkyl halides is 3. The summed E-state index contributed by atoms with van der Waals surface area (Å²) in [6.07, 6.45) is -3.81. The van der Waals surface area contributed by atoms with Gasteiger partial charge in [0.25, 0.3) is 10.2 Å². The second-order valence-electron chi connectivity index (χ2n) is 5.51. The molecule has 130 valence electrons. The Balaban J connectivity index is 1.89. The molecule has 1 N–H and O–H groups in total. The summed E-state index contributed by atoms with van der Waals surface area (Å²) < 4.78 is 68.7. The van der Waals surface area contributed by atoms with E-state index in [1.54, 1.807) is 0 Å². The summed E-state index contributed by atoms with van der Waals surface area (Å²) in [5.74, 6) is 0. The molecule has 0 spiro atoms. The maximum Gasteiger partial charge on any atom is 0.411 e. The largest absolute Gasteiger partial charge is 0.411 e. The van der Waals surface area contributed by atoms with E-state index in [1.807, 2.05) is 24.3 Å². The number of fused-ring (bicyclic) bond motifs is 1. The van der Waals surface area contributed by atoms with Crippen molar-refractivity contribution in [3.63, 3.8) is 0 Å². The minimum atomic E-state index is -4.42. The van der Waals surface area contributed by atoms with Gasteiger partial charge in [-0.3, -0.25) is 0 Å². The van der Waals surface area contributed by atoms with Crippen LogP contribution in [0.3, 0.4) is 0 Å². The first-order chi connectivity index (χ1) is 10.7. The summed E-state index contributed by atoms with van der Waals surface area (Å²) >= 11 is 0. The van der Waals surface area contributed by atoms with Crippen LogP contribution in [0.2, 0.25) is 0 Å². The molecule has 0 radical (unpaired) electrons. The molecule has 1 aliphatic rings. The highest BCUT2D eigenvalue weighted by Gasteiger charge is 2.30. The lowest BCUT2D eigenvalue weighted by Crippen LogP contribution is -2.47. The van der Waals surface area contributed by atoms with Gasteiger partial charge in [-0.25, -0.2) is 0 Å². The molecule has 5 nitrogen and oxygen atoms in total. The van der Waals surface area contributed by atoms with Crippen LogP contribution in [0.15, 0.2) is 24.3 Å². The third-order valence-electron chi connectivity index (χ3n) is 3.42. The Hall–Kier alpha value is -1.16. The lowest BCUT2D eigenvalue weighted by molar-refractivity contribution is -0.174. The first kappa shape index (κ1) is 18.2. The second kappa shape index (κ2) is 7.16. The van der Waals surface area contributed by atoms with Gasteiger partial charge in [-0.05, 0) is 24.5 Å². The highest BCUT2D eigenvalue weighted by molar-refractivity contribution is 7.87. The number of hydrogen-bond acceptors (Lipinski definition) is 3. The lowest BCUT2D eigenvalue weighted by atomic mass is 10.0. The van der Waals surface area contributed by atoms with Crippen LogP contribution in [0.4, 0.5) is 13.2 Å². The van der Waals surface area contributed by atoms with E-state index in [1.165, 1.54) is 11.2 Å². The van der Waals surface area contributed by atoms with Crippen LogP contribution in [-0.2, 0) is 27.9 Å². The standard InChI is InChI=1S/C14H19F3N2O3S/c1-11(9-22-10-14(15,16)17)18-23(20,21)19-7-6-12-4-2-3-5-13(12)8-19/h2-5,11,18H,6-10H2,1H3/t11-/m1/s1. The van der Waals surface area contributed by atoms with Gasteiger partial charge in [0.2, 0.25) is 0 Å². The molecule has 0 aliphatic carbocycles. The number of benzene rings is 1. The van der Waals surface area contributed by atoms with Crippen LogP contribution in [0.1, 0.15) is 18.1 Å². The zero-order valence-electron chi connectivity index (χ0n) is 12.6. The van der Waals surface area contributed by atoms with E-state index in [2.05, 4.69) is 9.46 Å². The Kier molecular flexibility index (Phi) is 5.66. The van der Waals surface area contributed by atoms with Crippen molar-refractivity contribution in [1.82, 2.24) is 9.03 Å². The minimum absolute atomic E-state index is 0.252. The molecule has 0 bridgehead atoms. The molecule has 2 rings (SSSR count). The van der Waals surface area contributed by atoms with Crippen LogP contribution >= 0.6 is 0 Å². The third kappa shape index (κ3) is 5.45. The molecule has 0 saturated heterocycles. The normalized spacial score (nSPS) is 17.7. The summed E-state index contributed by atoms with van der Waals surface area (Å²) in [4.78, 5) is 0. The smallest absolute Gasteiger partial charge is 0.370 e. The van der Waals surface area contributed by atoms with Crippen molar-refractivity contribution >= 4 is 10.2 Å². The predicted octanol–water partition coefficient (Wildman–Crippen LogP) is 1.85. The molecule has 0 saturated carbocycles. The zero-order valence-corrected chi connectivity index (χ0v) is 13.5. The molecule has 23 heavy (non-hydrogen) atoms. The third-order valence-corrected chi connectivity index (χ3v) is 5.11. The van der Waals surface area contributed by atoms with Crippen molar-refractivity contribution in [2.24, 2.45) is 0 Å².